The molecule has 0 bridgehead atoms. The normalized spacial score (nSPS) is 16.0. The second kappa shape index (κ2) is 9.94. The first-order valence-electron chi connectivity index (χ1n) is 10.3. The number of esters is 1. The summed E-state index contributed by atoms with van der Waals surface area (Å²) in [5.41, 5.74) is 1.27. The van der Waals surface area contributed by atoms with Gasteiger partial charge in [-0.2, -0.15) is 4.31 Å². The summed E-state index contributed by atoms with van der Waals surface area (Å²) in [6.45, 7) is 2.30. The second-order valence-corrected chi connectivity index (χ2v) is 10.0. The Labute approximate surface area is 184 Å². The fourth-order valence-corrected chi connectivity index (χ4v) is 6.15. The van der Waals surface area contributed by atoms with Gasteiger partial charge in [-0.25, -0.2) is 13.2 Å². The number of rotatable bonds is 8. The zero-order chi connectivity index (χ0) is 21.7. The van der Waals surface area contributed by atoms with Gasteiger partial charge in [0.1, 0.15) is 0 Å². The molecular weight excluding hydrogens is 422 g/mol. The van der Waals surface area contributed by atoms with Crippen LogP contribution in [-0.2, 0) is 21.3 Å². The van der Waals surface area contributed by atoms with E-state index in [1.807, 2.05) is 6.92 Å². The number of carbonyl (C=O) groups excluding carboxylic acids is 1. The van der Waals surface area contributed by atoms with Crippen LogP contribution in [0, 0.1) is 5.92 Å². The number of hydrogen-bond donors (Lipinski definition) is 0. The molecule has 0 heterocycles. The van der Waals surface area contributed by atoms with Crippen molar-refractivity contribution in [2.45, 2.75) is 56.5 Å². The molecule has 0 amide bonds. The Morgan fingerprint density at radius 1 is 1.10 bits per heavy atom. The number of halogens is 1. The highest BCUT2D eigenvalue weighted by Crippen LogP contribution is 2.35. The highest BCUT2D eigenvalue weighted by molar-refractivity contribution is 7.89. The highest BCUT2D eigenvalue weighted by Gasteiger charge is 2.36. The first kappa shape index (κ1) is 22.8. The summed E-state index contributed by atoms with van der Waals surface area (Å²) in [6.07, 6.45) is 5.13. The van der Waals surface area contributed by atoms with Crippen molar-refractivity contribution < 1.29 is 17.9 Å². The molecule has 0 spiro atoms. The quantitative estimate of drug-likeness (QED) is 0.514. The number of methoxy groups -OCH3 is 1. The molecule has 0 saturated heterocycles. The number of sulfonamides is 1. The zero-order valence-electron chi connectivity index (χ0n) is 17.4. The van der Waals surface area contributed by atoms with Gasteiger partial charge >= 0.3 is 5.97 Å². The number of ether oxygens (including phenoxy) is 1. The smallest absolute Gasteiger partial charge is 0.337 e. The van der Waals surface area contributed by atoms with Gasteiger partial charge in [0.25, 0.3) is 0 Å². The average Bonchev–Trinajstić information content (AvgIpc) is 3.28. The van der Waals surface area contributed by atoms with Crippen LogP contribution in [0.2, 0.25) is 5.02 Å². The molecule has 0 aliphatic heterocycles. The minimum atomic E-state index is -3.71. The van der Waals surface area contributed by atoms with E-state index in [9.17, 15) is 13.2 Å². The maximum absolute atomic E-state index is 13.6. The lowest BCUT2D eigenvalue weighted by molar-refractivity contribution is 0.0600. The molecule has 1 aliphatic carbocycles. The SMILES string of the molecule is CC[C@H](C1CCCC1)N(Cc1ccc(C(=O)OC)cc1)S(=O)(=O)c1ccc(Cl)cc1. The summed E-state index contributed by atoms with van der Waals surface area (Å²) in [4.78, 5) is 12.0. The van der Waals surface area contributed by atoms with E-state index in [4.69, 9.17) is 16.3 Å². The highest BCUT2D eigenvalue weighted by atomic mass is 35.5. The standard InChI is InChI=1S/C23H28ClNO4S/c1-3-22(18-6-4-5-7-18)25(30(27,28)21-14-12-20(24)13-15-21)16-17-8-10-19(11-9-17)23(26)29-2/h8-15,18,22H,3-7,16H2,1-2H3/t22-/m1/s1. The molecule has 2 aromatic rings. The summed E-state index contributed by atoms with van der Waals surface area (Å²) >= 11 is 5.97. The van der Waals surface area contributed by atoms with E-state index < -0.39 is 16.0 Å². The summed E-state index contributed by atoms with van der Waals surface area (Å²) in [7, 11) is -2.38. The Bertz CT molecular complexity index is 952. The molecular formula is C23H28ClNO4S. The molecule has 1 aliphatic rings. The van der Waals surface area contributed by atoms with Crippen LogP contribution in [0.15, 0.2) is 53.4 Å². The van der Waals surface area contributed by atoms with Crippen LogP contribution < -0.4 is 0 Å². The summed E-state index contributed by atoms with van der Waals surface area (Å²) < 4.78 is 33.7. The van der Waals surface area contributed by atoms with Gasteiger partial charge in [0, 0.05) is 17.6 Å². The van der Waals surface area contributed by atoms with Crippen molar-refractivity contribution in [3.63, 3.8) is 0 Å². The molecule has 0 N–H and O–H groups in total. The predicted octanol–water partition coefficient (Wildman–Crippen LogP) is 5.29. The van der Waals surface area contributed by atoms with E-state index >= 15 is 0 Å². The molecule has 30 heavy (non-hydrogen) atoms. The third kappa shape index (κ3) is 5.05. The fourth-order valence-electron chi connectivity index (χ4n) is 4.28. The van der Waals surface area contributed by atoms with Crippen LogP contribution in [0.1, 0.15) is 54.9 Å². The monoisotopic (exact) mass is 449 g/mol. The Balaban J connectivity index is 1.96. The molecule has 3 rings (SSSR count). The third-order valence-electron chi connectivity index (χ3n) is 5.87. The minimum Gasteiger partial charge on any atom is -0.465 e. The fraction of sp³-hybridized carbons (Fsp3) is 0.435. The second-order valence-electron chi connectivity index (χ2n) is 7.71. The van der Waals surface area contributed by atoms with E-state index in [-0.39, 0.29) is 17.5 Å². The molecule has 162 valence electrons. The molecule has 0 unspecified atom stereocenters. The van der Waals surface area contributed by atoms with Crippen molar-refractivity contribution in [3.8, 4) is 0 Å². The molecule has 0 radical (unpaired) electrons. The van der Waals surface area contributed by atoms with Gasteiger partial charge < -0.3 is 4.74 Å². The van der Waals surface area contributed by atoms with Gasteiger partial charge in [-0.3, -0.25) is 0 Å². The number of benzene rings is 2. The maximum atomic E-state index is 13.6. The topological polar surface area (TPSA) is 63.7 Å². The van der Waals surface area contributed by atoms with Crippen LogP contribution in [0.4, 0.5) is 0 Å². The molecule has 1 atom stereocenters. The van der Waals surface area contributed by atoms with E-state index in [1.165, 1.54) is 7.11 Å². The van der Waals surface area contributed by atoms with E-state index in [0.29, 0.717) is 16.5 Å². The van der Waals surface area contributed by atoms with Gasteiger partial charge in [0.05, 0.1) is 17.6 Å². The molecule has 1 fully saturated rings. The van der Waals surface area contributed by atoms with E-state index in [1.54, 1.807) is 52.8 Å². The number of hydrogen-bond acceptors (Lipinski definition) is 4. The van der Waals surface area contributed by atoms with Gasteiger partial charge in [0.15, 0.2) is 0 Å². The van der Waals surface area contributed by atoms with Crippen molar-refractivity contribution in [2.24, 2.45) is 5.92 Å². The number of nitrogens with zero attached hydrogens (tertiary/aromatic N) is 1. The van der Waals surface area contributed by atoms with Gasteiger partial charge in [0.2, 0.25) is 10.0 Å². The number of carbonyl (C=O) groups is 1. The van der Waals surface area contributed by atoms with Crippen molar-refractivity contribution in [1.29, 1.82) is 0 Å². The van der Waals surface area contributed by atoms with E-state index in [0.717, 1.165) is 37.7 Å². The van der Waals surface area contributed by atoms with Crippen molar-refractivity contribution in [2.75, 3.05) is 7.11 Å². The van der Waals surface area contributed by atoms with Crippen molar-refractivity contribution >= 4 is 27.6 Å². The average molecular weight is 450 g/mol. The largest absolute Gasteiger partial charge is 0.465 e. The Morgan fingerprint density at radius 3 is 2.23 bits per heavy atom. The van der Waals surface area contributed by atoms with Gasteiger partial charge in [-0.15, -0.1) is 0 Å². The van der Waals surface area contributed by atoms with Crippen molar-refractivity contribution in [1.82, 2.24) is 4.31 Å². The first-order valence-corrected chi connectivity index (χ1v) is 12.1. The lowest BCUT2D eigenvalue weighted by atomic mass is 9.95. The minimum absolute atomic E-state index is 0.0755. The Morgan fingerprint density at radius 2 is 1.70 bits per heavy atom. The Kier molecular flexibility index (Phi) is 7.55. The van der Waals surface area contributed by atoms with Gasteiger partial charge in [-0.1, -0.05) is 43.5 Å². The summed E-state index contributed by atoms with van der Waals surface area (Å²) in [5.74, 6) is -0.0593. The van der Waals surface area contributed by atoms with Gasteiger partial charge in [-0.05, 0) is 67.1 Å². The third-order valence-corrected chi connectivity index (χ3v) is 8.00. The van der Waals surface area contributed by atoms with E-state index in [2.05, 4.69) is 0 Å². The van der Waals surface area contributed by atoms with Crippen LogP contribution in [0.3, 0.4) is 0 Å². The van der Waals surface area contributed by atoms with Crippen LogP contribution in [0.25, 0.3) is 0 Å². The van der Waals surface area contributed by atoms with Crippen LogP contribution >= 0.6 is 11.6 Å². The predicted molar refractivity (Wildman–Crippen MR) is 118 cm³/mol. The molecule has 2 aromatic carbocycles. The first-order chi connectivity index (χ1) is 14.4. The molecule has 0 aromatic heterocycles. The Hall–Kier alpha value is -1.89. The maximum Gasteiger partial charge on any atom is 0.337 e. The molecule has 5 nitrogen and oxygen atoms in total. The summed E-state index contributed by atoms with van der Waals surface area (Å²) in [5, 5.41) is 0.502. The lowest BCUT2D eigenvalue weighted by Crippen LogP contribution is -2.43. The molecule has 7 heteroatoms. The zero-order valence-corrected chi connectivity index (χ0v) is 19.0. The molecule has 1 saturated carbocycles. The lowest BCUT2D eigenvalue weighted by Gasteiger charge is -2.34. The van der Waals surface area contributed by atoms with Crippen LogP contribution in [-0.4, -0.2) is 31.8 Å². The van der Waals surface area contributed by atoms with Crippen molar-refractivity contribution in [3.05, 3.63) is 64.7 Å². The summed E-state index contributed by atoms with van der Waals surface area (Å²) in [6, 6.07) is 13.2. The van der Waals surface area contributed by atoms with Crippen LogP contribution in [0.5, 0.6) is 0 Å².